The number of hydrogen-bond acceptors (Lipinski definition) is 4. The molecule has 6 heteroatoms. The van der Waals surface area contributed by atoms with Crippen LogP contribution in [0, 0.1) is 11.8 Å². The molecule has 1 aromatic rings. The minimum atomic E-state index is -0.159. The van der Waals surface area contributed by atoms with Crippen LogP contribution in [0.1, 0.15) is 22.6 Å². The minimum Gasteiger partial charge on any atom is -0.384 e. The molecule has 0 saturated carbocycles. The van der Waals surface area contributed by atoms with Crippen LogP contribution < -0.4 is 5.32 Å². The smallest absolute Gasteiger partial charge is 0.239 e. The van der Waals surface area contributed by atoms with Crippen LogP contribution in [0.5, 0.6) is 0 Å². The SMILES string of the molecule is O=C(CN1CCCC1=O)NCc1ccc(C#CCO)s1. The average molecular weight is 292 g/mol. The summed E-state index contributed by atoms with van der Waals surface area (Å²) < 4.78 is 0. The normalized spacial score (nSPS) is 14.1. The van der Waals surface area contributed by atoms with E-state index in [4.69, 9.17) is 5.11 Å². The number of likely N-dealkylation sites (tertiary alicyclic amines) is 1. The monoisotopic (exact) mass is 292 g/mol. The number of amides is 2. The van der Waals surface area contributed by atoms with Gasteiger partial charge in [0.2, 0.25) is 11.8 Å². The highest BCUT2D eigenvalue weighted by Crippen LogP contribution is 2.15. The number of nitrogens with zero attached hydrogens (tertiary/aromatic N) is 1. The van der Waals surface area contributed by atoms with E-state index in [2.05, 4.69) is 17.2 Å². The van der Waals surface area contributed by atoms with Gasteiger partial charge in [0.25, 0.3) is 0 Å². The van der Waals surface area contributed by atoms with Crippen LogP contribution in [0.4, 0.5) is 0 Å². The highest BCUT2D eigenvalue weighted by Gasteiger charge is 2.22. The van der Waals surface area contributed by atoms with E-state index in [-0.39, 0.29) is 25.0 Å². The first-order valence-corrected chi connectivity index (χ1v) is 7.23. The summed E-state index contributed by atoms with van der Waals surface area (Å²) in [4.78, 5) is 26.6. The zero-order valence-electron chi connectivity index (χ0n) is 11.0. The lowest BCUT2D eigenvalue weighted by atomic mass is 10.4. The second-order valence-corrected chi connectivity index (χ2v) is 5.59. The van der Waals surface area contributed by atoms with Gasteiger partial charge >= 0.3 is 0 Å². The van der Waals surface area contributed by atoms with Crippen LogP contribution in [-0.4, -0.2) is 41.5 Å². The molecule has 2 rings (SSSR count). The Kier molecular flexibility index (Phi) is 5.16. The van der Waals surface area contributed by atoms with Gasteiger partial charge < -0.3 is 15.3 Å². The third-order valence-corrected chi connectivity index (χ3v) is 3.92. The Hall–Kier alpha value is -1.84. The lowest BCUT2D eigenvalue weighted by molar-refractivity contribution is -0.133. The fourth-order valence-corrected chi connectivity index (χ4v) is 2.78. The third-order valence-electron chi connectivity index (χ3n) is 2.92. The van der Waals surface area contributed by atoms with Crippen molar-refractivity contribution < 1.29 is 14.7 Å². The molecule has 0 atom stereocenters. The summed E-state index contributed by atoms with van der Waals surface area (Å²) in [6, 6.07) is 3.76. The summed E-state index contributed by atoms with van der Waals surface area (Å²) in [5, 5.41) is 11.4. The Bertz CT molecular complexity index is 556. The lowest BCUT2D eigenvalue weighted by Crippen LogP contribution is -2.37. The maximum atomic E-state index is 11.7. The van der Waals surface area contributed by atoms with Crippen molar-refractivity contribution in [3.05, 3.63) is 21.9 Å². The van der Waals surface area contributed by atoms with E-state index in [0.717, 1.165) is 16.2 Å². The van der Waals surface area contributed by atoms with Gasteiger partial charge in [-0.15, -0.1) is 11.3 Å². The van der Waals surface area contributed by atoms with E-state index in [0.29, 0.717) is 19.5 Å². The molecule has 0 unspecified atom stereocenters. The molecule has 0 radical (unpaired) electrons. The first-order valence-electron chi connectivity index (χ1n) is 6.42. The number of aliphatic hydroxyl groups excluding tert-OH is 1. The van der Waals surface area contributed by atoms with E-state index in [1.807, 2.05) is 12.1 Å². The second-order valence-electron chi connectivity index (χ2n) is 4.42. The predicted molar refractivity (Wildman–Crippen MR) is 75.9 cm³/mol. The molecule has 0 aromatic carbocycles. The van der Waals surface area contributed by atoms with Gasteiger partial charge in [-0.2, -0.15) is 0 Å². The van der Waals surface area contributed by atoms with E-state index < -0.39 is 0 Å². The molecule has 5 nitrogen and oxygen atoms in total. The summed E-state index contributed by atoms with van der Waals surface area (Å²) in [7, 11) is 0. The van der Waals surface area contributed by atoms with E-state index >= 15 is 0 Å². The van der Waals surface area contributed by atoms with Gasteiger partial charge in [-0.05, 0) is 18.6 Å². The van der Waals surface area contributed by atoms with Crippen LogP contribution in [0.15, 0.2) is 12.1 Å². The largest absolute Gasteiger partial charge is 0.384 e. The highest BCUT2D eigenvalue weighted by atomic mass is 32.1. The Morgan fingerprint density at radius 2 is 2.35 bits per heavy atom. The second kappa shape index (κ2) is 7.08. The number of rotatable bonds is 4. The summed E-state index contributed by atoms with van der Waals surface area (Å²) in [5.41, 5.74) is 0. The van der Waals surface area contributed by atoms with Crippen molar-refractivity contribution in [3.8, 4) is 11.8 Å². The van der Waals surface area contributed by atoms with Gasteiger partial charge in [0.15, 0.2) is 0 Å². The number of hydrogen-bond donors (Lipinski definition) is 2. The fourth-order valence-electron chi connectivity index (χ4n) is 1.95. The molecule has 1 aliphatic rings. The molecule has 0 bridgehead atoms. The Balaban J connectivity index is 1.78. The molecular weight excluding hydrogens is 276 g/mol. The van der Waals surface area contributed by atoms with Crippen molar-refractivity contribution in [1.29, 1.82) is 0 Å². The number of thiophene rings is 1. The maximum absolute atomic E-state index is 11.7. The summed E-state index contributed by atoms with van der Waals surface area (Å²) in [5.74, 6) is 5.31. The number of carbonyl (C=O) groups excluding carboxylic acids is 2. The average Bonchev–Trinajstić information content (AvgIpc) is 3.04. The lowest BCUT2D eigenvalue weighted by Gasteiger charge is -2.14. The van der Waals surface area contributed by atoms with Crippen LogP contribution in [0.25, 0.3) is 0 Å². The zero-order valence-corrected chi connectivity index (χ0v) is 11.8. The van der Waals surface area contributed by atoms with Crippen LogP contribution in [0.2, 0.25) is 0 Å². The Morgan fingerprint density at radius 1 is 1.50 bits per heavy atom. The Labute approximate surface area is 121 Å². The van der Waals surface area contributed by atoms with Crippen LogP contribution >= 0.6 is 11.3 Å². The molecular formula is C14H16N2O3S. The van der Waals surface area contributed by atoms with Crippen molar-refractivity contribution in [3.63, 3.8) is 0 Å². The number of aliphatic hydroxyl groups is 1. The van der Waals surface area contributed by atoms with Crippen molar-refractivity contribution in [2.24, 2.45) is 0 Å². The maximum Gasteiger partial charge on any atom is 0.239 e. The van der Waals surface area contributed by atoms with Crippen LogP contribution in [0.3, 0.4) is 0 Å². The molecule has 1 fully saturated rings. The molecule has 0 aliphatic carbocycles. The fraction of sp³-hybridized carbons (Fsp3) is 0.429. The summed E-state index contributed by atoms with van der Waals surface area (Å²) in [6.07, 6.45) is 1.38. The van der Waals surface area contributed by atoms with Crippen LogP contribution in [-0.2, 0) is 16.1 Å². The van der Waals surface area contributed by atoms with Gasteiger partial charge in [0, 0.05) is 17.8 Å². The third kappa shape index (κ3) is 4.08. The predicted octanol–water partition coefficient (Wildman–Crippen LogP) is 0.331. The Morgan fingerprint density at radius 3 is 3.05 bits per heavy atom. The van der Waals surface area contributed by atoms with Crippen molar-refractivity contribution in [2.45, 2.75) is 19.4 Å². The number of carbonyl (C=O) groups is 2. The molecule has 1 aromatic heterocycles. The molecule has 2 N–H and O–H groups in total. The van der Waals surface area contributed by atoms with Gasteiger partial charge in [-0.3, -0.25) is 9.59 Å². The van der Waals surface area contributed by atoms with Crippen molar-refractivity contribution in [2.75, 3.05) is 19.7 Å². The quantitative estimate of drug-likeness (QED) is 0.786. The van der Waals surface area contributed by atoms with Gasteiger partial charge in [-0.1, -0.05) is 11.8 Å². The topological polar surface area (TPSA) is 69.6 Å². The molecule has 106 valence electrons. The molecule has 1 aliphatic heterocycles. The van der Waals surface area contributed by atoms with Gasteiger partial charge in [0.1, 0.15) is 6.61 Å². The molecule has 0 spiro atoms. The van der Waals surface area contributed by atoms with Crippen molar-refractivity contribution in [1.82, 2.24) is 10.2 Å². The minimum absolute atomic E-state index is 0.0536. The zero-order chi connectivity index (χ0) is 14.4. The molecule has 2 amide bonds. The van der Waals surface area contributed by atoms with Gasteiger partial charge in [0.05, 0.1) is 18.0 Å². The van der Waals surface area contributed by atoms with Crippen molar-refractivity contribution >= 4 is 23.2 Å². The molecule has 2 heterocycles. The van der Waals surface area contributed by atoms with E-state index in [1.165, 1.54) is 11.3 Å². The number of nitrogens with one attached hydrogen (secondary N) is 1. The standard InChI is InChI=1S/C14H16N2O3S/c17-8-2-3-11-5-6-12(20-11)9-15-13(18)10-16-7-1-4-14(16)19/h5-6,17H,1,4,7-10H2,(H,15,18). The first-order chi connectivity index (χ1) is 9.69. The molecule has 1 saturated heterocycles. The molecule has 20 heavy (non-hydrogen) atoms. The van der Waals surface area contributed by atoms with E-state index in [1.54, 1.807) is 4.90 Å². The summed E-state index contributed by atoms with van der Waals surface area (Å²) >= 11 is 1.48. The summed E-state index contributed by atoms with van der Waals surface area (Å²) in [6.45, 7) is 1.09. The highest BCUT2D eigenvalue weighted by molar-refractivity contribution is 7.12. The van der Waals surface area contributed by atoms with Gasteiger partial charge in [-0.25, -0.2) is 0 Å². The van der Waals surface area contributed by atoms with E-state index in [9.17, 15) is 9.59 Å². The first kappa shape index (κ1) is 14.6.